The van der Waals surface area contributed by atoms with E-state index in [1.54, 1.807) is 12.1 Å². The Bertz CT molecular complexity index is 686. The topological polar surface area (TPSA) is 49.3 Å². The third kappa shape index (κ3) is 4.49. The van der Waals surface area contributed by atoms with E-state index in [2.05, 4.69) is 5.32 Å². The first-order valence-corrected chi connectivity index (χ1v) is 6.70. The minimum Gasteiger partial charge on any atom is -0.386 e. The average Bonchev–Trinajstić information content (AvgIpc) is 2.51. The number of hydrogen-bond acceptors (Lipinski definition) is 2. The van der Waals surface area contributed by atoms with Crippen molar-refractivity contribution in [1.29, 1.82) is 0 Å². The molecule has 22 heavy (non-hydrogen) atoms. The van der Waals surface area contributed by atoms with Crippen LogP contribution in [0.4, 0.5) is 8.78 Å². The molecule has 0 bridgehead atoms. The fourth-order valence-electron chi connectivity index (χ4n) is 1.89. The Kier molecular flexibility index (Phi) is 5.38. The van der Waals surface area contributed by atoms with Crippen molar-refractivity contribution in [2.75, 3.05) is 6.54 Å². The number of hydrogen-bond donors (Lipinski definition) is 2. The molecule has 0 aromatic heterocycles. The molecule has 2 N–H and O–H groups in total. The fraction of sp³-hybridized carbons (Fsp3) is 0.118. The van der Waals surface area contributed by atoms with E-state index in [4.69, 9.17) is 0 Å². The van der Waals surface area contributed by atoms with Crippen LogP contribution in [-0.2, 0) is 4.79 Å². The quantitative estimate of drug-likeness (QED) is 0.835. The van der Waals surface area contributed by atoms with Gasteiger partial charge < -0.3 is 10.4 Å². The number of carbonyl (C=O) groups excluding carboxylic acids is 1. The standard InChI is InChI=1S/C17H15F2NO2/c18-13-5-3-4-12(10-13)8-9-17(22)20-11-16(21)14-6-1-2-7-15(14)19/h1-10,16,21H,11H2,(H,20,22)/b9-8+. The zero-order chi connectivity index (χ0) is 15.9. The van der Waals surface area contributed by atoms with Crippen LogP contribution in [0.25, 0.3) is 6.08 Å². The van der Waals surface area contributed by atoms with Crippen LogP contribution in [0.5, 0.6) is 0 Å². The van der Waals surface area contributed by atoms with Crippen LogP contribution >= 0.6 is 0 Å². The van der Waals surface area contributed by atoms with Gasteiger partial charge in [0.1, 0.15) is 11.6 Å². The Labute approximate surface area is 126 Å². The first kappa shape index (κ1) is 15.9. The Morgan fingerprint density at radius 3 is 2.68 bits per heavy atom. The van der Waals surface area contributed by atoms with E-state index in [0.29, 0.717) is 5.56 Å². The van der Waals surface area contributed by atoms with Crippen LogP contribution in [0.3, 0.4) is 0 Å². The van der Waals surface area contributed by atoms with Crippen LogP contribution in [0.15, 0.2) is 54.6 Å². The van der Waals surface area contributed by atoms with Crippen LogP contribution in [0.1, 0.15) is 17.2 Å². The predicted molar refractivity (Wildman–Crippen MR) is 79.8 cm³/mol. The minimum atomic E-state index is -1.13. The third-order valence-electron chi connectivity index (χ3n) is 3.01. The van der Waals surface area contributed by atoms with E-state index < -0.39 is 23.6 Å². The van der Waals surface area contributed by atoms with Crippen LogP contribution in [0, 0.1) is 11.6 Å². The molecule has 0 spiro atoms. The van der Waals surface area contributed by atoms with Crippen molar-refractivity contribution in [3.05, 3.63) is 77.4 Å². The van der Waals surface area contributed by atoms with Gasteiger partial charge in [-0.3, -0.25) is 4.79 Å². The Hall–Kier alpha value is -2.53. The average molecular weight is 303 g/mol. The summed E-state index contributed by atoms with van der Waals surface area (Å²) in [7, 11) is 0. The van der Waals surface area contributed by atoms with Gasteiger partial charge in [0.2, 0.25) is 5.91 Å². The highest BCUT2D eigenvalue weighted by atomic mass is 19.1. The van der Waals surface area contributed by atoms with Crippen molar-refractivity contribution in [2.24, 2.45) is 0 Å². The Balaban J connectivity index is 1.89. The number of halogens is 2. The summed E-state index contributed by atoms with van der Waals surface area (Å²) in [5.74, 6) is -1.38. The van der Waals surface area contributed by atoms with Crippen molar-refractivity contribution in [3.63, 3.8) is 0 Å². The molecule has 0 aliphatic rings. The van der Waals surface area contributed by atoms with Gasteiger partial charge in [0.15, 0.2) is 0 Å². The molecule has 114 valence electrons. The number of benzene rings is 2. The molecule has 0 aliphatic carbocycles. The first-order valence-electron chi connectivity index (χ1n) is 6.70. The SMILES string of the molecule is O=C(/C=C/c1cccc(F)c1)NCC(O)c1ccccc1F. The van der Waals surface area contributed by atoms with E-state index in [9.17, 15) is 18.7 Å². The highest BCUT2D eigenvalue weighted by molar-refractivity contribution is 5.91. The summed E-state index contributed by atoms with van der Waals surface area (Å²) in [6.07, 6.45) is 1.55. The fourth-order valence-corrected chi connectivity index (χ4v) is 1.89. The van der Waals surface area contributed by atoms with Gasteiger partial charge in [0.05, 0.1) is 6.10 Å². The van der Waals surface area contributed by atoms with E-state index >= 15 is 0 Å². The van der Waals surface area contributed by atoms with Crippen LogP contribution in [0.2, 0.25) is 0 Å². The second kappa shape index (κ2) is 7.47. The minimum absolute atomic E-state index is 0.118. The number of carbonyl (C=O) groups is 1. The highest BCUT2D eigenvalue weighted by Crippen LogP contribution is 2.15. The maximum atomic E-state index is 13.4. The molecule has 2 aromatic rings. The normalized spacial score (nSPS) is 12.3. The lowest BCUT2D eigenvalue weighted by molar-refractivity contribution is -0.116. The maximum Gasteiger partial charge on any atom is 0.244 e. The summed E-state index contributed by atoms with van der Waals surface area (Å²) in [6.45, 7) is -0.118. The zero-order valence-electron chi connectivity index (χ0n) is 11.7. The zero-order valence-corrected chi connectivity index (χ0v) is 11.7. The number of amides is 1. The van der Waals surface area contributed by atoms with Crippen LogP contribution < -0.4 is 5.32 Å². The molecule has 5 heteroatoms. The van der Waals surface area contributed by atoms with E-state index in [1.807, 2.05) is 0 Å². The van der Waals surface area contributed by atoms with Gasteiger partial charge in [-0.05, 0) is 29.8 Å². The van der Waals surface area contributed by atoms with E-state index in [1.165, 1.54) is 48.6 Å². The van der Waals surface area contributed by atoms with Gasteiger partial charge in [0.25, 0.3) is 0 Å². The van der Waals surface area contributed by atoms with Gasteiger partial charge in [0, 0.05) is 18.2 Å². The molecule has 3 nitrogen and oxygen atoms in total. The molecule has 0 aliphatic heterocycles. The Morgan fingerprint density at radius 2 is 1.95 bits per heavy atom. The lowest BCUT2D eigenvalue weighted by atomic mass is 10.1. The number of rotatable bonds is 5. The third-order valence-corrected chi connectivity index (χ3v) is 3.01. The van der Waals surface area contributed by atoms with E-state index in [0.717, 1.165) is 0 Å². The molecule has 0 fully saturated rings. The van der Waals surface area contributed by atoms with E-state index in [-0.39, 0.29) is 12.1 Å². The summed E-state index contributed by atoms with van der Waals surface area (Å²) >= 11 is 0. The maximum absolute atomic E-state index is 13.4. The molecule has 1 unspecified atom stereocenters. The number of nitrogens with one attached hydrogen (secondary N) is 1. The van der Waals surface area contributed by atoms with Crippen molar-refractivity contribution in [3.8, 4) is 0 Å². The molecule has 1 amide bonds. The largest absolute Gasteiger partial charge is 0.386 e. The second-order valence-electron chi connectivity index (χ2n) is 4.67. The molecular weight excluding hydrogens is 288 g/mol. The predicted octanol–water partition coefficient (Wildman–Crippen LogP) is 2.83. The van der Waals surface area contributed by atoms with Gasteiger partial charge >= 0.3 is 0 Å². The van der Waals surface area contributed by atoms with Gasteiger partial charge in [-0.25, -0.2) is 8.78 Å². The van der Waals surface area contributed by atoms with Crippen molar-refractivity contribution < 1.29 is 18.7 Å². The lowest BCUT2D eigenvalue weighted by Crippen LogP contribution is -2.27. The summed E-state index contributed by atoms with van der Waals surface area (Å²) < 4.78 is 26.4. The smallest absolute Gasteiger partial charge is 0.244 e. The van der Waals surface area contributed by atoms with Crippen molar-refractivity contribution >= 4 is 12.0 Å². The van der Waals surface area contributed by atoms with Crippen molar-refractivity contribution in [2.45, 2.75) is 6.10 Å². The lowest BCUT2D eigenvalue weighted by Gasteiger charge is -2.12. The second-order valence-corrected chi connectivity index (χ2v) is 4.67. The van der Waals surface area contributed by atoms with Crippen LogP contribution in [-0.4, -0.2) is 17.6 Å². The molecule has 2 aromatic carbocycles. The van der Waals surface area contributed by atoms with Crippen molar-refractivity contribution in [1.82, 2.24) is 5.32 Å². The number of aliphatic hydroxyl groups is 1. The molecule has 0 saturated heterocycles. The molecular formula is C17H15F2NO2. The first-order chi connectivity index (χ1) is 10.6. The molecule has 0 heterocycles. The molecule has 2 rings (SSSR count). The van der Waals surface area contributed by atoms with Gasteiger partial charge in [-0.1, -0.05) is 30.3 Å². The molecule has 0 radical (unpaired) electrons. The molecule has 0 saturated carbocycles. The van der Waals surface area contributed by atoms with Gasteiger partial charge in [-0.15, -0.1) is 0 Å². The summed E-state index contributed by atoms with van der Waals surface area (Å²) in [4.78, 5) is 11.6. The summed E-state index contributed by atoms with van der Waals surface area (Å²) in [5.41, 5.74) is 0.668. The van der Waals surface area contributed by atoms with Gasteiger partial charge in [-0.2, -0.15) is 0 Å². The summed E-state index contributed by atoms with van der Waals surface area (Å²) in [5, 5.41) is 12.3. The highest BCUT2D eigenvalue weighted by Gasteiger charge is 2.12. The monoisotopic (exact) mass is 303 g/mol. The molecule has 1 atom stereocenters. The summed E-state index contributed by atoms with van der Waals surface area (Å²) in [6, 6.07) is 11.6. The number of aliphatic hydroxyl groups excluding tert-OH is 1. The Morgan fingerprint density at radius 1 is 1.18 bits per heavy atom.